The third kappa shape index (κ3) is 4.99. The van der Waals surface area contributed by atoms with Crippen LogP contribution in [-0.2, 0) is 9.53 Å². The van der Waals surface area contributed by atoms with Gasteiger partial charge in [-0.15, -0.1) is 0 Å². The minimum Gasteiger partial charge on any atom is -0.497 e. The fourth-order valence-electron chi connectivity index (χ4n) is 2.65. The van der Waals surface area contributed by atoms with E-state index in [9.17, 15) is 4.79 Å². The molecule has 0 aliphatic carbocycles. The Balaban J connectivity index is 1.89. The van der Waals surface area contributed by atoms with Crippen molar-refractivity contribution >= 4 is 34.6 Å². The summed E-state index contributed by atoms with van der Waals surface area (Å²) in [7, 11) is 3.29. The summed E-state index contributed by atoms with van der Waals surface area (Å²) in [5.41, 5.74) is 1.75. The second-order valence-electron chi connectivity index (χ2n) is 5.92. The Hall–Kier alpha value is -2.57. The molecule has 5 nitrogen and oxygen atoms in total. The maximum absolute atomic E-state index is 12.9. The molecule has 0 aromatic heterocycles. The number of benzene rings is 2. The first-order valence-electron chi connectivity index (χ1n) is 8.69. The standard InChI is InChI=1S/C21H22N2O3S/c1-25-13-7-12-23-20(24)19(15-16-8-6-11-18(14-16)26-2)27-21(23)22-17-9-4-3-5-10-17/h3-6,8-11,14-15H,7,12-13H2,1-2H3/b19-15-,22-21?. The van der Waals surface area contributed by atoms with Gasteiger partial charge in [0.25, 0.3) is 5.91 Å². The van der Waals surface area contributed by atoms with Crippen LogP contribution in [0, 0.1) is 0 Å². The van der Waals surface area contributed by atoms with E-state index in [4.69, 9.17) is 9.47 Å². The van der Waals surface area contributed by atoms with Crippen LogP contribution >= 0.6 is 11.8 Å². The summed E-state index contributed by atoms with van der Waals surface area (Å²) in [4.78, 5) is 20.0. The Morgan fingerprint density at radius 1 is 1.11 bits per heavy atom. The van der Waals surface area contributed by atoms with Gasteiger partial charge in [0.2, 0.25) is 0 Å². The molecule has 6 heteroatoms. The largest absolute Gasteiger partial charge is 0.497 e. The predicted octanol–water partition coefficient (Wildman–Crippen LogP) is 4.34. The monoisotopic (exact) mass is 382 g/mol. The highest BCUT2D eigenvalue weighted by molar-refractivity contribution is 8.18. The minimum absolute atomic E-state index is 0.0337. The molecular formula is C21H22N2O3S. The molecule has 0 saturated carbocycles. The molecule has 0 atom stereocenters. The van der Waals surface area contributed by atoms with Gasteiger partial charge in [-0.1, -0.05) is 30.3 Å². The molecule has 0 spiro atoms. The highest BCUT2D eigenvalue weighted by Gasteiger charge is 2.33. The number of rotatable bonds is 7. The van der Waals surface area contributed by atoms with E-state index in [1.807, 2.05) is 60.7 Å². The first-order chi connectivity index (χ1) is 13.2. The lowest BCUT2D eigenvalue weighted by molar-refractivity contribution is -0.122. The third-order valence-electron chi connectivity index (χ3n) is 3.99. The fourth-order valence-corrected chi connectivity index (χ4v) is 3.68. The number of methoxy groups -OCH3 is 2. The van der Waals surface area contributed by atoms with E-state index in [2.05, 4.69) is 4.99 Å². The molecule has 0 N–H and O–H groups in total. The second kappa shape index (κ2) is 9.39. The molecule has 140 valence electrons. The smallest absolute Gasteiger partial charge is 0.266 e. The quantitative estimate of drug-likeness (QED) is 0.528. The predicted molar refractivity (Wildman–Crippen MR) is 110 cm³/mol. The lowest BCUT2D eigenvalue weighted by Crippen LogP contribution is -2.30. The van der Waals surface area contributed by atoms with Crippen molar-refractivity contribution in [1.29, 1.82) is 0 Å². The molecule has 0 unspecified atom stereocenters. The molecule has 1 heterocycles. The summed E-state index contributed by atoms with van der Waals surface area (Å²) in [5.74, 6) is 0.725. The average Bonchev–Trinajstić information content (AvgIpc) is 2.98. The molecule has 1 saturated heterocycles. The number of nitrogens with zero attached hydrogens (tertiary/aromatic N) is 2. The molecule has 1 aliphatic heterocycles. The number of carbonyl (C=O) groups excluding carboxylic acids is 1. The number of carbonyl (C=O) groups is 1. The van der Waals surface area contributed by atoms with E-state index >= 15 is 0 Å². The summed E-state index contributed by atoms with van der Waals surface area (Å²) in [6.45, 7) is 1.17. The Morgan fingerprint density at radius 3 is 2.67 bits per heavy atom. The van der Waals surface area contributed by atoms with Crippen molar-refractivity contribution in [3.05, 3.63) is 65.1 Å². The number of amides is 1. The van der Waals surface area contributed by atoms with Gasteiger partial charge in [0, 0.05) is 20.3 Å². The number of aliphatic imine (C=N–C) groups is 1. The number of para-hydroxylation sites is 1. The highest BCUT2D eigenvalue weighted by atomic mass is 32.2. The SMILES string of the molecule is COCCCN1C(=O)/C(=C/c2cccc(OC)c2)SC1=Nc1ccccc1. The van der Waals surface area contributed by atoms with E-state index in [-0.39, 0.29) is 5.91 Å². The van der Waals surface area contributed by atoms with Crippen LogP contribution < -0.4 is 4.74 Å². The number of amidine groups is 1. The van der Waals surface area contributed by atoms with Gasteiger partial charge < -0.3 is 9.47 Å². The topological polar surface area (TPSA) is 51.1 Å². The van der Waals surface area contributed by atoms with Gasteiger partial charge >= 0.3 is 0 Å². The van der Waals surface area contributed by atoms with Crippen LogP contribution in [0.4, 0.5) is 5.69 Å². The van der Waals surface area contributed by atoms with Crippen molar-refractivity contribution in [1.82, 2.24) is 4.90 Å². The van der Waals surface area contributed by atoms with Crippen LogP contribution in [0.25, 0.3) is 6.08 Å². The van der Waals surface area contributed by atoms with Gasteiger partial charge in [0.1, 0.15) is 5.75 Å². The zero-order valence-corrected chi connectivity index (χ0v) is 16.2. The highest BCUT2D eigenvalue weighted by Crippen LogP contribution is 2.34. The molecule has 2 aromatic rings. The first kappa shape index (κ1) is 19.2. The van der Waals surface area contributed by atoms with E-state index in [0.717, 1.165) is 23.4 Å². The van der Waals surface area contributed by atoms with Crippen LogP contribution in [-0.4, -0.2) is 43.3 Å². The maximum atomic E-state index is 12.9. The molecular weight excluding hydrogens is 360 g/mol. The molecule has 27 heavy (non-hydrogen) atoms. The van der Waals surface area contributed by atoms with Crippen LogP contribution in [0.15, 0.2) is 64.5 Å². The van der Waals surface area contributed by atoms with Gasteiger partial charge in [-0.2, -0.15) is 0 Å². The normalized spacial score (nSPS) is 17.1. The molecule has 2 aromatic carbocycles. The zero-order valence-electron chi connectivity index (χ0n) is 15.4. The van der Waals surface area contributed by atoms with E-state index < -0.39 is 0 Å². The van der Waals surface area contributed by atoms with E-state index in [0.29, 0.717) is 23.2 Å². The Morgan fingerprint density at radius 2 is 1.93 bits per heavy atom. The molecule has 0 bridgehead atoms. The molecule has 1 amide bonds. The van der Waals surface area contributed by atoms with Crippen molar-refractivity contribution in [2.45, 2.75) is 6.42 Å². The van der Waals surface area contributed by atoms with Gasteiger partial charge in [0.05, 0.1) is 17.7 Å². The van der Waals surface area contributed by atoms with Crippen molar-refractivity contribution in [3.8, 4) is 5.75 Å². The molecule has 3 rings (SSSR count). The number of hydrogen-bond acceptors (Lipinski definition) is 5. The van der Waals surface area contributed by atoms with Gasteiger partial charge in [-0.05, 0) is 54.1 Å². The zero-order chi connectivity index (χ0) is 19.1. The number of thioether (sulfide) groups is 1. The van der Waals surface area contributed by atoms with Gasteiger partial charge in [-0.3, -0.25) is 9.69 Å². The van der Waals surface area contributed by atoms with Crippen molar-refractivity contribution in [2.24, 2.45) is 4.99 Å². The Bertz CT molecular complexity index is 850. The summed E-state index contributed by atoms with van der Waals surface area (Å²) in [6.07, 6.45) is 2.63. The summed E-state index contributed by atoms with van der Waals surface area (Å²) >= 11 is 1.39. The van der Waals surface area contributed by atoms with Crippen LogP contribution in [0.2, 0.25) is 0 Å². The van der Waals surface area contributed by atoms with Crippen LogP contribution in [0.1, 0.15) is 12.0 Å². The van der Waals surface area contributed by atoms with Crippen molar-refractivity contribution in [2.75, 3.05) is 27.4 Å². The maximum Gasteiger partial charge on any atom is 0.266 e. The van der Waals surface area contributed by atoms with Gasteiger partial charge in [0.15, 0.2) is 5.17 Å². The summed E-state index contributed by atoms with van der Waals surface area (Å²) in [5, 5.41) is 0.691. The number of ether oxygens (including phenoxy) is 2. The van der Waals surface area contributed by atoms with Crippen molar-refractivity contribution < 1.29 is 14.3 Å². The third-order valence-corrected chi connectivity index (χ3v) is 5.00. The van der Waals surface area contributed by atoms with Crippen LogP contribution in [0.3, 0.4) is 0 Å². The Labute approximate surface area is 163 Å². The van der Waals surface area contributed by atoms with Crippen LogP contribution in [0.5, 0.6) is 5.75 Å². The van der Waals surface area contributed by atoms with Gasteiger partial charge in [-0.25, -0.2) is 4.99 Å². The summed E-state index contributed by atoms with van der Waals surface area (Å²) in [6, 6.07) is 17.3. The molecule has 1 aliphatic rings. The van der Waals surface area contributed by atoms with E-state index in [1.54, 1.807) is 19.1 Å². The van der Waals surface area contributed by atoms with Crippen molar-refractivity contribution in [3.63, 3.8) is 0 Å². The minimum atomic E-state index is -0.0337. The Kier molecular flexibility index (Phi) is 6.68. The van der Waals surface area contributed by atoms with E-state index in [1.165, 1.54) is 11.8 Å². The first-order valence-corrected chi connectivity index (χ1v) is 9.51. The second-order valence-corrected chi connectivity index (χ2v) is 6.93. The lowest BCUT2D eigenvalue weighted by Gasteiger charge is -2.15. The molecule has 0 radical (unpaired) electrons. The number of hydrogen-bond donors (Lipinski definition) is 0. The fraction of sp³-hybridized carbons (Fsp3) is 0.238. The molecule has 1 fully saturated rings. The summed E-state index contributed by atoms with van der Waals surface area (Å²) < 4.78 is 10.4. The average molecular weight is 382 g/mol. The lowest BCUT2D eigenvalue weighted by atomic mass is 10.2.